The molecule has 2 N–H and O–H groups in total. The highest BCUT2D eigenvalue weighted by atomic mass is 16.5. The summed E-state index contributed by atoms with van der Waals surface area (Å²) in [5.74, 6) is 1.81. The molecule has 0 unspecified atom stereocenters. The standard InChI is InChI=1S/C21H25N3O4/c1-12-9-17(26-5)18(27-6)11-14(12)24-20(25)22-13-7-8-16-15(10-13)23-19(28-16)21(2,3)4/h7-11H,1-6H3,(H2,22,24,25). The lowest BCUT2D eigenvalue weighted by atomic mass is 9.97. The number of anilines is 2. The number of aryl methyl sites for hydroxylation is 1. The Bertz CT molecular complexity index is 1020. The van der Waals surface area contributed by atoms with Crippen molar-refractivity contribution in [1.29, 1.82) is 0 Å². The molecule has 148 valence electrons. The fourth-order valence-electron chi connectivity index (χ4n) is 2.73. The monoisotopic (exact) mass is 383 g/mol. The number of oxazole rings is 1. The van der Waals surface area contributed by atoms with Crippen molar-refractivity contribution in [2.24, 2.45) is 0 Å². The number of ether oxygens (including phenoxy) is 2. The number of amides is 2. The first kappa shape index (κ1) is 19.5. The van der Waals surface area contributed by atoms with E-state index in [-0.39, 0.29) is 11.4 Å². The van der Waals surface area contributed by atoms with Crippen LogP contribution in [0.4, 0.5) is 16.2 Å². The molecule has 7 heteroatoms. The van der Waals surface area contributed by atoms with Gasteiger partial charge in [0.1, 0.15) is 5.52 Å². The van der Waals surface area contributed by atoms with Gasteiger partial charge in [0.2, 0.25) is 5.89 Å². The Balaban J connectivity index is 1.78. The molecule has 0 aliphatic carbocycles. The number of fused-ring (bicyclic) bond motifs is 1. The van der Waals surface area contributed by atoms with Gasteiger partial charge in [-0.15, -0.1) is 0 Å². The Hall–Kier alpha value is -3.22. The van der Waals surface area contributed by atoms with Crippen LogP contribution in [0.2, 0.25) is 0 Å². The minimum absolute atomic E-state index is 0.186. The summed E-state index contributed by atoms with van der Waals surface area (Å²) >= 11 is 0. The van der Waals surface area contributed by atoms with Crippen molar-refractivity contribution in [2.75, 3.05) is 24.9 Å². The number of rotatable bonds is 4. The third-order valence-corrected chi connectivity index (χ3v) is 4.27. The Morgan fingerprint density at radius 3 is 2.36 bits per heavy atom. The van der Waals surface area contributed by atoms with E-state index < -0.39 is 0 Å². The Morgan fingerprint density at radius 2 is 1.71 bits per heavy atom. The maximum atomic E-state index is 12.5. The molecule has 0 saturated carbocycles. The summed E-state index contributed by atoms with van der Waals surface area (Å²) in [5.41, 5.74) is 3.31. The highest BCUT2D eigenvalue weighted by Gasteiger charge is 2.21. The molecule has 3 rings (SSSR count). The number of carbonyl (C=O) groups is 1. The number of carbonyl (C=O) groups excluding carboxylic acids is 1. The number of urea groups is 1. The molecule has 0 atom stereocenters. The number of hydrogen-bond donors (Lipinski definition) is 2. The fraction of sp³-hybridized carbons (Fsp3) is 0.333. The van der Waals surface area contributed by atoms with Crippen LogP contribution in [0.5, 0.6) is 11.5 Å². The topological polar surface area (TPSA) is 85.6 Å². The van der Waals surface area contributed by atoms with Crippen molar-refractivity contribution in [1.82, 2.24) is 4.98 Å². The second-order valence-corrected chi connectivity index (χ2v) is 7.55. The summed E-state index contributed by atoms with van der Waals surface area (Å²) in [6.45, 7) is 7.99. The lowest BCUT2D eigenvalue weighted by molar-refractivity contribution is 0.262. The van der Waals surface area contributed by atoms with Crippen LogP contribution in [0.3, 0.4) is 0 Å². The first-order valence-electron chi connectivity index (χ1n) is 8.93. The number of benzene rings is 2. The largest absolute Gasteiger partial charge is 0.493 e. The normalized spacial score (nSPS) is 11.4. The minimum Gasteiger partial charge on any atom is -0.493 e. The fourth-order valence-corrected chi connectivity index (χ4v) is 2.73. The number of methoxy groups -OCH3 is 2. The van der Waals surface area contributed by atoms with Crippen LogP contribution in [0.1, 0.15) is 32.2 Å². The predicted molar refractivity (Wildman–Crippen MR) is 110 cm³/mol. The van der Waals surface area contributed by atoms with Gasteiger partial charge in [-0.25, -0.2) is 9.78 Å². The first-order valence-corrected chi connectivity index (χ1v) is 8.93. The van der Waals surface area contributed by atoms with E-state index in [0.717, 1.165) is 5.56 Å². The van der Waals surface area contributed by atoms with Crippen LogP contribution in [-0.2, 0) is 5.41 Å². The Labute approximate surface area is 164 Å². The third-order valence-electron chi connectivity index (χ3n) is 4.27. The summed E-state index contributed by atoms with van der Waals surface area (Å²) in [4.78, 5) is 17.0. The molecule has 0 spiro atoms. The van der Waals surface area contributed by atoms with Gasteiger partial charge in [-0.2, -0.15) is 0 Å². The van der Waals surface area contributed by atoms with E-state index in [0.29, 0.717) is 39.9 Å². The van der Waals surface area contributed by atoms with Gasteiger partial charge in [0.15, 0.2) is 17.1 Å². The number of aromatic nitrogens is 1. The number of nitrogens with one attached hydrogen (secondary N) is 2. The van der Waals surface area contributed by atoms with Gasteiger partial charge < -0.3 is 24.5 Å². The van der Waals surface area contributed by atoms with Crippen molar-refractivity contribution in [2.45, 2.75) is 33.1 Å². The molecule has 0 bridgehead atoms. The maximum absolute atomic E-state index is 12.5. The molecule has 7 nitrogen and oxygen atoms in total. The quantitative estimate of drug-likeness (QED) is 0.655. The van der Waals surface area contributed by atoms with E-state index in [1.54, 1.807) is 38.5 Å². The van der Waals surface area contributed by atoms with Crippen LogP contribution >= 0.6 is 0 Å². The highest BCUT2D eigenvalue weighted by molar-refractivity contribution is 6.01. The molecule has 1 aromatic heterocycles. The zero-order valence-corrected chi connectivity index (χ0v) is 17.0. The predicted octanol–water partition coefficient (Wildman–Crippen LogP) is 5.09. The second-order valence-electron chi connectivity index (χ2n) is 7.55. The van der Waals surface area contributed by atoms with Crippen LogP contribution in [0.25, 0.3) is 11.1 Å². The van der Waals surface area contributed by atoms with Crippen LogP contribution < -0.4 is 20.1 Å². The summed E-state index contributed by atoms with van der Waals surface area (Å²) < 4.78 is 16.4. The average Bonchev–Trinajstić information content (AvgIpc) is 3.06. The molecule has 0 aliphatic heterocycles. The molecule has 3 aromatic rings. The van der Waals surface area contributed by atoms with Crippen molar-refractivity contribution >= 4 is 28.5 Å². The van der Waals surface area contributed by atoms with E-state index in [1.807, 2.05) is 33.8 Å². The molecular weight excluding hydrogens is 358 g/mol. The zero-order valence-electron chi connectivity index (χ0n) is 17.0. The molecule has 0 fully saturated rings. The van der Waals surface area contributed by atoms with E-state index in [2.05, 4.69) is 15.6 Å². The van der Waals surface area contributed by atoms with E-state index in [4.69, 9.17) is 13.9 Å². The van der Waals surface area contributed by atoms with Gasteiger partial charge in [0.05, 0.1) is 14.2 Å². The average molecular weight is 383 g/mol. The van der Waals surface area contributed by atoms with Crippen LogP contribution in [-0.4, -0.2) is 25.2 Å². The molecule has 0 aliphatic rings. The molecule has 2 aromatic carbocycles. The summed E-state index contributed by atoms with van der Waals surface area (Å²) in [5, 5.41) is 5.65. The summed E-state index contributed by atoms with van der Waals surface area (Å²) in [6.07, 6.45) is 0. The third kappa shape index (κ3) is 4.03. The van der Waals surface area contributed by atoms with Gasteiger partial charge >= 0.3 is 6.03 Å². The second kappa shape index (κ2) is 7.42. The Morgan fingerprint density at radius 1 is 1.04 bits per heavy atom. The van der Waals surface area contributed by atoms with Crippen LogP contribution in [0.15, 0.2) is 34.7 Å². The molecular formula is C21H25N3O4. The SMILES string of the molecule is COc1cc(C)c(NC(=O)Nc2ccc3oc(C(C)(C)C)nc3c2)cc1OC. The van der Waals surface area contributed by atoms with Crippen molar-refractivity contribution in [3.63, 3.8) is 0 Å². The van der Waals surface area contributed by atoms with Crippen molar-refractivity contribution in [3.05, 3.63) is 41.8 Å². The Kier molecular flexibility index (Phi) is 5.18. The molecule has 0 saturated heterocycles. The molecule has 0 radical (unpaired) electrons. The lowest BCUT2D eigenvalue weighted by Crippen LogP contribution is -2.20. The van der Waals surface area contributed by atoms with E-state index in [1.165, 1.54) is 0 Å². The first-order chi connectivity index (χ1) is 13.2. The number of nitrogens with zero attached hydrogens (tertiary/aromatic N) is 1. The molecule has 1 heterocycles. The van der Waals surface area contributed by atoms with E-state index in [9.17, 15) is 4.79 Å². The van der Waals surface area contributed by atoms with Crippen LogP contribution in [0, 0.1) is 6.92 Å². The minimum atomic E-state index is -0.366. The van der Waals surface area contributed by atoms with Gasteiger partial charge in [-0.1, -0.05) is 20.8 Å². The summed E-state index contributed by atoms with van der Waals surface area (Å²) in [7, 11) is 3.12. The van der Waals surface area contributed by atoms with E-state index >= 15 is 0 Å². The lowest BCUT2D eigenvalue weighted by Gasteiger charge is -2.14. The maximum Gasteiger partial charge on any atom is 0.323 e. The number of hydrogen-bond acceptors (Lipinski definition) is 5. The zero-order chi connectivity index (χ0) is 20.5. The highest BCUT2D eigenvalue weighted by Crippen LogP contribution is 2.33. The van der Waals surface area contributed by atoms with Gasteiger partial charge in [-0.3, -0.25) is 0 Å². The summed E-state index contributed by atoms with van der Waals surface area (Å²) in [6, 6.07) is 8.54. The van der Waals surface area contributed by atoms with Crippen molar-refractivity contribution < 1.29 is 18.7 Å². The molecule has 2 amide bonds. The van der Waals surface area contributed by atoms with Crippen molar-refractivity contribution in [3.8, 4) is 11.5 Å². The van der Waals surface area contributed by atoms with Gasteiger partial charge in [0.25, 0.3) is 0 Å². The smallest absolute Gasteiger partial charge is 0.323 e. The van der Waals surface area contributed by atoms with Gasteiger partial charge in [0, 0.05) is 22.9 Å². The molecule has 28 heavy (non-hydrogen) atoms. The van der Waals surface area contributed by atoms with Gasteiger partial charge in [-0.05, 0) is 36.8 Å².